The number of hydrogen-bond donors (Lipinski definition) is 1. The van der Waals surface area contributed by atoms with E-state index in [1.165, 1.54) is 13.0 Å². The zero-order chi connectivity index (χ0) is 8.10. The lowest BCUT2D eigenvalue weighted by Crippen LogP contribution is -2.37. The largest absolute Gasteiger partial charge is 0.381 e. The average Bonchev–Trinajstić information content (AvgIpc) is 2.03. The van der Waals surface area contributed by atoms with E-state index in [2.05, 4.69) is 19.2 Å². The number of ether oxygens (including phenoxy) is 1. The Morgan fingerprint density at radius 3 is 3.00 bits per heavy atom. The summed E-state index contributed by atoms with van der Waals surface area (Å²) in [6.07, 6.45) is 1.28. The third-order valence-electron chi connectivity index (χ3n) is 2.50. The molecule has 0 aromatic rings. The van der Waals surface area contributed by atoms with Gasteiger partial charge in [0.15, 0.2) is 0 Å². The van der Waals surface area contributed by atoms with Gasteiger partial charge in [-0.1, -0.05) is 6.92 Å². The van der Waals surface area contributed by atoms with Crippen molar-refractivity contribution in [3.05, 3.63) is 0 Å². The molecule has 1 fully saturated rings. The van der Waals surface area contributed by atoms with E-state index in [0.29, 0.717) is 0 Å². The first-order chi connectivity index (χ1) is 5.34. The maximum Gasteiger partial charge on any atom is 0.0497 e. The van der Waals surface area contributed by atoms with Crippen LogP contribution in [-0.2, 0) is 4.74 Å². The normalized spacial score (nSPS) is 32.2. The van der Waals surface area contributed by atoms with E-state index in [1.54, 1.807) is 0 Å². The Morgan fingerprint density at radius 2 is 2.36 bits per heavy atom. The van der Waals surface area contributed by atoms with Crippen molar-refractivity contribution in [1.82, 2.24) is 5.32 Å². The minimum atomic E-state index is 0.787. The third-order valence-corrected chi connectivity index (χ3v) is 2.50. The van der Waals surface area contributed by atoms with Crippen LogP contribution in [0.4, 0.5) is 0 Å². The smallest absolute Gasteiger partial charge is 0.0497 e. The van der Waals surface area contributed by atoms with Gasteiger partial charge >= 0.3 is 0 Å². The molecule has 2 nitrogen and oxygen atoms in total. The zero-order valence-electron chi connectivity index (χ0n) is 7.60. The van der Waals surface area contributed by atoms with Gasteiger partial charge in [-0.2, -0.15) is 0 Å². The van der Waals surface area contributed by atoms with E-state index in [4.69, 9.17) is 4.74 Å². The summed E-state index contributed by atoms with van der Waals surface area (Å²) in [5.74, 6) is 1.58. The van der Waals surface area contributed by atoms with Gasteiger partial charge in [0.1, 0.15) is 0 Å². The van der Waals surface area contributed by atoms with Crippen LogP contribution in [-0.4, -0.2) is 26.3 Å². The van der Waals surface area contributed by atoms with Crippen molar-refractivity contribution < 1.29 is 4.74 Å². The molecule has 66 valence electrons. The van der Waals surface area contributed by atoms with Crippen molar-refractivity contribution in [2.24, 2.45) is 11.8 Å². The molecule has 1 aliphatic heterocycles. The summed E-state index contributed by atoms with van der Waals surface area (Å²) in [6.45, 7) is 8.51. The summed E-state index contributed by atoms with van der Waals surface area (Å²) in [4.78, 5) is 0. The van der Waals surface area contributed by atoms with Crippen molar-refractivity contribution in [3.63, 3.8) is 0 Å². The maximum atomic E-state index is 5.42. The average molecular weight is 157 g/mol. The number of nitrogens with one attached hydrogen (secondary N) is 1. The SMILES string of the molecule is CCOCC1CCNCC1C. The molecule has 0 bridgehead atoms. The number of hydrogen-bond acceptors (Lipinski definition) is 2. The predicted molar refractivity (Wildman–Crippen MR) is 46.6 cm³/mol. The monoisotopic (exact) mass is 157 g/mol. The minimum Gasteiger partial charge on any atom is -0.381 e. The van der Waals surface area contributed by atoms with Crippen LogP contribution in [0.5, 0.6) is 0 Å². The van der Waals surface area contributed by atoms with Crippen LogP contribution in [0.15, 0.2) is 0 Å². The first-order valence-electron chi connectivity index (χ1n) is 4.63. The Bertz CT molecular complexity index is 106. The lowest BCUT2D eigenvalue weighted by Gasteiger charge is -2.28. The van der Waals surface area contributed by atoms with E-state index in [9.17, 15) is 0 Å². The molecule has 2 heteroatoms. The van der Waals surface area contributed by atoms with Gasteiger partial charge in [0.2, 0.25) is 0 Å². The van der Waals surface area contributed by atoms with E-state index in [1.807, 2.05) is 0 Å². The van der Waals surface area contributed by atoms with Gasteiger partial charge in [-0.3, -0.25) is 0 Å². The Kier molecular flexibility index (Phi) is 3.87. The Balaban J connectivity index is 2.18. The molecule has 0 spiro atoms. The van der Waals surface area contributed by atoms with Crippen molar-refractivity contribution in [3.8, 4) is 0 Å². The molecule has 0 aromatic carbocycles. The Hall–Kier alpha value is -0.0800. The van der Waals surface area contributed by atoms with Gasteiger partial charge in [-0.25, -0.2) is 0 Å². The second-order valence-electron chi connectivity index (χ2n) is 3.39. The summed E-state index contributed by atoms with van der Waals surface area (Å²) < 4.78 is 5.42. The van der Waals surface area contributed by atoms with E-state index >= 15 is 0 Å². The standard InChI is InChI=1S/C9H19NO/c1-3-11-7-9-4-5-10-6-8(9)2/h8-10H,3-7H2,1-2H3. The van der Waals surface area contributed by atoms with Gasteiger partial charge in [-0.15, -0.1) is 0 Å². The quantitative estimate of drug-likeness (QED) is 0.666. The first kappa shape index (κ1) is 9.01. The van der Waals surface area contributed by atoms with Gasteiger partial charge < -0.3 is 10.1 Å². The lowest BCUT2D eigenvalue weighted by molar-refractivity contribution is 0.0760. The zero-order valence-corrected chi connectivity index (χ0v) is 7.60. The van der Waals surface area contributed by atoms with Crippen LogP contribution < -0.4 is 5.32 Å². The van der Waals surface area contributed by atoms with Crippen molar-refractivity contribution in [1.29, 1.82) is 0 Å². The van der Waals surface area contributed by atoms with E-state index in [0.717, 1.165) is 31.6 Å². The molecule has 2 unspecified atom stereocenters. The topological polar surface area (TPSA) is 21.3 Å². The fourth-order valence-corrected chi connectivity index (χ4v) is 1.59. The molecule has 1 N–H and O–H groups in total. The molecular weight excluding hydrogens is 138 g/mol. The molecule has 0 aromatic heterocycles. The van der Waals surface area contributed by atoms with Gasteiger partial charge in [0, 0.05) is 13.2 Å². The highest BCUT2D eigenvalue weighted by atomic mass is 16.5. The fourth-order valence-electron chi connectivity index (χ4n) is 1.59. The second-order valence-corrected chi connectivity index (χ2v) is 3.39. The highest BCUT2D eigenvalue weighted by Crippen LogP contribution is 2.18. The molecule has 1 rings (SSSR count). The maximum absolute atomic E-state index is 5.42. The van der Waals surface area contributed by atoms with Crippen LogP contribution in [0.2, 0.25) is 0 Å². The molecule has 1 saturated heterocycles. The van der Waals surface area contributed by atoms with Crippen LogP contribution in [0.1, 0.15) is 20.3 Å². The molecule has 0 radical (unpaired) electrons. The summed E-state index contributed by atoms with van der Waals surface area (Å²) in [7, 11) is 0. The predicted octanol–water partition coefficient (Wildman–Crippen LogP) is 1.27. The summed E-state index contributed by atoms with van der Waals surface area (Å²) in [5.41, 5.74) is 0. The van der Waals surface area contributed by atoms with E-state index in [-0.39, 0.29) is 0 Å². The first-order valence-corrected chi connectivity index (χ1v) is 4.63. The van der Waals surface area contributed by atoms with Crippen molar-refractivity contribution >= 4 is 0 Å². The molecule has 0 amide bonds. The Labute approximate surface area is 69.3 Å². The third kappa shape index (κ3) is 2.80. The molecule has 0 saturated carbocycles. The molecule has 1 heterocycles. The number of rotatable bonds is 3. The van der Waals surface area contributed by atoms with Gasteiger partial charge in [-0.05, 0) is 38.3 Å². The molecule has 1 aliphatic rings. The summed E-state index contributed by atoms with van der Waals surface area (Å²) in [5, 5.41) is 3.39. The lowest BCUT2D eigenvalue weighted by atomic mass is 9.89. The van der Waals surface area contributed by atoms with Crippen LogP contribution in [0, 0.1) is 11.8 Å². The highest BCUT2D eigenvalue weighted by Gasteiger charge is 2.20. The second kappa shape index (κ2) is 4.73. The molecule has 2 atom stereocenters. The fraction of sp³-hybridized carbons (Fsp3) is 1.00. The van der Waals surface area contributed by atoms with Gasteiger partial charge in [0.05, 0.1) is 0 Å². The van der Waals surface area contributed by atoms with Gasteiger partial charge in [0.25, 0.3) is 0 Å². The molecule has 0 aliphatic carbocycles. The van der Waals surface area contributed by atoms with Crippen LogP contribution in [0.25, 0.3) is 0 Å². The van der Waals surface area contributed by atoms with Crippen molar-refractivity contribution in [2.75, 3.05) is 26.3 Å². The summed E-state index contributed by atoms with van der Waals surface area (Å²) in [6, 6.07) is 0. The van der Waals surface area contributed by atoms with Crippen LogP contribution in [0.3, 0.4) is 0 Å². The van der Waals surface area contributed by atoms with Crippen LogP contribution >= 0.6 is 0 Å². The molecular formula is C9H19NO. The minimum absolute atomic E-state index is 0.787. The highest BCUT2D eigenvalue weighted by molar-refractivity contribution is 4.74. The Morgan fingerprint density at radius 1 is 1.55 bits per heavy atom. The van der Waals surface area contributed by atoms with Crippen molar-refractivity contribution in [2.45, 2.75) is 20.3 Å². The van der Waals surface area contributed by atoms with E-state index < -0.39 is 0 Å². The molecule has 11 heavy (non-hydrogen) atoms. The number of piperidine rings is 1. The summed E-state index contributed by atoms with van der Waals surface area (Å²) >= 11 is 0.